The molecule has 0 aliphatic rings. The summed E-state index contributed by atoms with van der Waals surface area (Å²) in [6, 6.07) is 48.6. The first kappa shape index (κ1) is 24.7. The highest BCUT2D eigenvalue weighted by Gasteiger charge is 2.16. The molecule has 3 heteroatoms. The Morgan fingerprint density at radius 1 is 0.390 bits per heavy atom. The summed E-state index contributed by atoms with van der Waals surface area (Å²) in [6.07, 6.45) is 0. The van der Waals surface area contributed by atoms with Gasteiger partial charge in [0, 0.05) is 22.6 Å². The van der Waals surface area contributed by atoms with Crippen molar-refractivity contribution >= 4 is 38.6 Å². The van der Waals surface area contributed by atoms with Gasteiger partial charge in [0.25, 0.3) is 0 Å². The zero-order valence-corrected chi connectivity index (χ0v) is 22.1. The quantitative estimate of drug-likeness (QED) is 0.213. The van der Waals surface area contributed by atoms with Crippen molar-refractivity contribution in [3.05, 3.63) is 163 Å². The van der Waals surface area contributed by atoms with Crippen LogP contribution in [0.1, 0.15) is 0 Å². The van der Waals surface area contributed by atoms with Gasteiger partial charge in [0.2, 0.25) is 0 Å². The standard InChI is InChI=1S/C38H25F2N/c39-30-18-23-32(24-19-30)41(33-22-15-26-7-1-2-8-29(26)25-33)31-20-16-27(17-21-31)34-12-5-9-28-10-6-13-36(38(28)34)35-11-3-4-14-37(35)40/h1-25H. The molecule has 0 saturated carbocycles. The van der Waals surface area contributed by atoms with E-state index < -0.39 is 0 Å². The highest BCUT2D eigenvalue weighted by molar-refractivity contribution is 6.06. The van der Waals surface area contributed by atoms with Crippen molar-refractivity contribution < 1.29 is 8.78 Å². The molecule has 0 fully saturated rings. The molecule has 0 N–H and O–H groups in total. The third-order valence-corrected chi connectivity index (χ3v) is 7.58. The minimum absolute atomic E-state index is 0.240. The molecule has 0 unspecified atom stereocenters. The Labute approximate surface area is 237 Å². The fourth-order valence-electron chi connectivity index (χ4n) is 5.63. The van der Waals surface area contributed by atoms with Crippen molar-refractivity contribution in [3.8, 4) is 22.3 Å². The normalized spacial score (nSPS) is 11.2. The molecule has 1 nitrogen and oxygen atoms in total. The van der Waals surface area contributed by atoms with Crippen LogP contribution in [0, 0.1) is 11.6 Å². The van der Waals surface area contributed by atoms with Gasteiger partial charge in [0.1, 0.15) is 11.6 Å². The zero-order chi connectivity index (χ0) is 27.8. The van der Waals surface area contributed by atoms with E-state index in [-0.39, 0.29) is 11.6 Å². The Morgan fingerprint density at radius 2 is 0.951 bits per heavy atom. The predicted octanol–water partition coefficient (Wildman–Crippen LogP) is 11.1. The monoisotopic (exact) mass is 533 g/mol. The summed E-state index contributed by atoms with van der Waals surface area (Å²) in [5, 5.41) is 4.35. The highest BCUT2D eigenvalue weighted by atomic mass is 19.1. The molecule has 0 bridgehead atoms. The molecule has 0 spiro atoms. The van der Waals surface area contributed by atoms with Crippen molar-refractivity contribution in [1.82, 2.24) is 0 Å². The van der Waals surface area contributed by atoms with Gasteiger partial charge in [-0.2, -0.15) is 0 Å². The number of hydrogen-bond acceptors (Lipinski definition) is 1. The van der Waals surface area contributed by atoms with Gasteiger partial charge in [-0.25, -0.2) is 8.78 Å². The number of rotatable bonds is 5. The lowest BCUT2D eigenvalue weighted by molar-refractivity contribution is 0.628. The molecule has 7 rings (SSSR count). The maximum Gasteiger partial charge on any atom is 0.131 e. The summed E-state index contributed by atoms with van der Waals surface area (Å²) >= 11 is 0. The van der Waals surface area contributed by atoms with Crippen molar-refractivity contribution in [2.45, 2.75) is 0 Å². The summed E-state index contributed by atoms with van der Waals surface area (Å²) in [5.41, 5.74) is 6.31. The van der Waals surface area contributed by atoms with Crippen LogP contribution < -0.4 is 4.90 Å². The predicted molar refractivity (Wildman–Crippen MR) is 167 cm³/mol. The molecule has 0 aromatic heterocycles. The first-order valence-corrected chi connectivity index (χ1v) is 13.6. The molecule has 0 atom stereocenters. The third-order valence-electron chi connectivity index (χ3n) is 7.58. The van der Waals surface area contributed by atoms with Gasteiger partial charge in [0.15, 0.2) is 0 Å². The zero-order valence-electron chi connectivity index (χ0n) is 22.1. The first-order valence-electron chi connectivity index (χ1n) is 13.6. The summed E-state index contributed by atoms with van der Waals surface area (Å²) in [7, 11) is 0. The Bertz CT molecular complexity index is 2010. The van der Waals surface area contributed by atoms with Crippen molar-refractivity contribution in [2.24, 2.45) is 0 Å². The Kier molecular flexibility index (Phi) is 6.25. The Balaban J connectivity index is 1.36. The fourth-order valence-corrected chi connectivity index (χ4v) is 5.63. The van der Waals surface area contributed by atoms with Gasteiger partial charge >= 0.3 is 0 Å². The van der Waals surface area contributed by atoms with Gasteiger partial charge in [-0.3, -0.25) is 0 Å². The average molecular weight is 534 g/mol. The Morgan fingerprint density at radius 3 is 1.68 bits per heavy atom. The molecule has 0 aliphatic carbocycles. The fraction of sp³-hybridized carbons (Fsp3) is 0. The van der Waals surface area contributed by atoms with Crippen LogP contribution in [-0.2, 0) is 0 Å². The molecule has 0 saturated heterocycles. The lowest BCUT2D eigenvalue weighted by atomic mass is 9.91. The van der Waals surface area contributed by atoms with Gasteiger partial charge < -0.3 is 4.90 Å². The number of benzene rings is 7. The first-order chi connectivity index (χ1) is 20.2. The number of nitrogens with zero attached hydrogens (tertiary/aromatic N) is 1. The lowest BCUT2D eigenvalue weighted by Crippen LogP contribution is -2.09. The van der Waals surface area contributed by atoms with Crippen LogP contribution in [0.4, 0.5) is 25.8 Å². The molecule has 0 radical (unpaired) electrons. The van der Waals surface area contributed by atoms with E-state index in [1.807, 2.05) is 42.5 Å². The van der Waals surface area contributed by atoms with Crippen LogP contribution in [0.2, 0.25) is 0 Å². The minimum atomic E-state index is -0.274. The van der Waals surface area contributed by atoms with Crippen LogP contribution in [0.5, 0.6) is 0 Å². The van der Waals surface area contributed by atoms with E-state index in [1.165, 1.54) is 18.2 Å². The number of fused-ring (bicyclic) bond motifs is 2. The third kappa shape index (κ3) is 4.62. The topological polar surface area (TPSA) is 3.24 Å². The van der Waals surface area contributed by atoms with Crippen LogP contribution in [0.3, 0.4) is 0 Å². The van der Waals surface area contributed by atoms with Crippen molar-refractivity contribution in [1.29, 1.82) is 0 Å². The van der Waals surface area contributed by atoms with Crippen LogP contribution in [0.25, 0.3) is 43.8 Å². The highest BCUT2D eigenvalue weighted by Crippen LogP contribution is 2.40. The molecule has 41 heavy (non-hydrogen) atoms. The molecule has 7 aromatic rings. The van der Waals surface area contributed by atoms with E-state index in [1.54, 1.807) is 18.2 Å². The second-order valence-corrected chi connectivity index (χ2v) is 10.1. The van der Waals surface area contributed by atoms with Crippen LogP contribution >= 0.6 is 0 Å². The van der Waals surface area contributed by atoms with E-state index in [0.717, 1.165) is 55.3 Å². The van der Waals surface area contributed by atoms with Gasteiger partial charge in [-0.1, -0.05) is 97.1 Å². The summed E-state index contributed by atoms with van der Waals surface area (Å²) in [6.45, 7) is 0. The summed E-state index contributed by atoms with van der Waals surface area (Å²) in [4.78, 5) is 2.13. The summed E-state index contributed by atoms with van der Waals surface area (Å²) in [5.74, 6) is -0.514. The van der Waals surface area contributed by atoms with E-state index in [2.05, 4.69) is 77.7 Å². The molecule has 0 heterocycles. The van der Waals surface area contributed by atoms with Gasteiger partial charge in [-0.15, -0.1) is 0 Å². The van der Waals surface area contributed by atoms with E-state index in [4.69, 9.17) is 0 Å². The number of hydrogen-bond donors (Lipinski definition) is 0. The second kappa shape index (κ2) is 10.4. The van der Waals surface area contributed by atoms with Crippen LogP contribution in [0.15, 0.2) is 152 Å². The number of halogens is 2. The average Bonchev–Trinajstić information content (AvgIpc) is 3.02. The SMILES string of the molecule is Fc1ccc(N(c2ccc(-c3cccc4cccc(-c5ccccc5F)c34)cc2)c2ccc3ccccc3c2)cc1. The van der Waals surface area contributed by atoms with Gasteiger partial charge in [-0.05, 0) is 92.8 Å². The van der Waals surface area contributed by atoms with E-state index in [0.29, 0.717) is 5.56 Å². The second-order valence-electron chi connectivity index (χ2n) is 10.1. The molecule has 196 valence electrons. The minimum Gasteiger partial charge on any atom is -0.310 e. The van der Waals surface area contributed by atoms with E-state index >= 15 is 0 Å². The molecule has 7 aromatic carbocycles. The number of anilines is 3. The lowest BCUT2D eigenvalue weighted by Gasteiger charge is -2.26. The van der Waals surface area contributed by atoms with Gasteiger partial charge in [0.05, 0.1) is 0 Å². The largest absolute Gasteiger partial charge is 0.310 e. The van der Waals surface area contributed by atoms with E-state index in [9.17, 15) is 8.78 Å². The molecule has 0 amide bonds. The molecular weight excluding hydrogens is 508 g/mol. The maximum atomic E-state index is 14.9. The molecule has 0 aliphatic heterocycles. The van der Waals surface area contributed by atoms with Crippen LogP contribution in [-0.4, -0.2) is 0 Å². The van der Waals surface area contributed by atoms with Crippen molar-refractivity contribution in [3.63, 3.8) is 0 Å². The smallest absolute Gasteiger partial charge is 0.131 e. The Hall–Kier alpha value is -5.28. The summed E-state index contributed by atoms with van der Waals surface area (Å²) < 4.78 is 28.8. The van der Waals surface area contributed by atoms with Crippen molar-refractivity contribution in [2.75, 3.05) is 4.90 Å². The molecular formula is C38H25F2N. The maximum absolute atomic E-state index is 14.9.